The Morgan fingerprint density at radius 3 is 2.19 bits per heavy atom. The number of rotatable bonds is 11. The Hall–Kier alpha value is -4.34. The highest BCUT2D eigenvalue weighted by Crippen LogP contribution is 2.31. The summed E-state index contributed by atoms with van der Waals surface area (Å²) in [5.74, 6) is 1.32. The van der Waals surface area contributed by atoms with Crippen molar-refractivity contribution >= 4 is 27.3 Å². The van der Waals surface area contributed by atoms with E-state index in [-0.39, 0.29) is 16.5 Å². The van der Waals surface area contributed by atoms with Gasteiger partial charge in [0.1, 0.15) is 11.5 Å². The van der Waals surface area contributed by atoms with Crippen LogP contribution in [0.15, 0.2) is 102 Å². The van der Waals surface area contributed by atoms with Crippen molar-refractivity contribution < 1.29 is 22.7 Å². The molecule has 1 saturated heterocycles. The molecule has 0 radical (unpaired) electrons. The molecule has 43 heavy (non-hydrogen) atoms. The molecule has 0 aromatic heterocycles. The van der Waals surface area contributed by atoms with Crippen LogP contribution in [-0.4, -0.2) is 46.5 Å². The molecule has 0 spiro atoms. The number of hydrogen-bond donors (Lipinski definition) is 2. The molecule has 224 valence electrons. The fourth-order valence-electron chi connectivity index (χ4n) is 5.33. The number of likely N-dealkylation sites (tertiary alicyclic amines) is 1. The lowest BCUT2D eigenvalue weighted by atomic mass is 9.90. The van der Waals surface area contributed by atoms with E-state index < -0.39 is 10.0 Å². The maximum absolute atomic E-state index is 13.0. The normalized spacial score (nSPS) is 14.2. The van der Waals surface area contributed by atoms with E-state index in [4.69, 9.17) is 9.47 Å². The molecule has 1 fully saturated rings. The summed E-state index contributed by atoms with van der Waals surface area (Å²) in [5.41, 5.74) is 3.88. The average molecular weight is 600 g/mol. The lowest BCUT2D eigenvalue weighted by molar-refractivity contribution is 0.102. The molecule has 5 rings (SSSR count). The molecule has 1 amide bonds. The Balaban J connectivity index is 1.13. The lowest BCUT2D eigenvalue weighted by Gasteiger charge is -2.32. The minimum atomic E-state index is -3.91. The molecule has 4 aromatic rings. The summed E-state index contributed by atoms with van der Waals surface area (Å²) in [6, 6.07) is 29.2. The first kappa shape index (κ1) is 30.1. The third-order valence-electron chi connectivity index (χ3n) is 7.77. The quantitative estimate of drug-likeness (QED) is 0.213. The molecule has 9 heteroatoms. The summed E-state index contributed by atoms with van der Waals surface area (Å²) in [6.07, 6.45) is 3.54. The summed E-state index contributed by atoms with van der Waals surface area (Å²) in [4.78, 5) is 15.4. The van der Waals surface area contributed by atoms with Gasteiger partial charge >= 0.3 is 0 Å². The smallest absolute Gasteiger partial charge is 0.262 e. The van der Waals surface area contributed by atoms with Gasteiger partial charge in [-0.1, -0.05) is 42.5 Å². The number of nitrogens with zero attached hydrogens (tertiary/aromatic N) is 1. The number of amides is 1. The van der Waals surface area contributed by atoms with Crippen LogP contribution in [0.4, 0.5) is 11.4 Å². The first-order valence-corrected chi connectivity index (χ1v) is 15.8. The van der Waals surface area contributed by atoms with Crippen LogP contribution in [-0.2, 0) is 23.0 Å². The summed E-state index contributed by atoms with van der Waals surface area (Å²) in [7, 11) is -0.947. The van der Waals surface area contributed by atoms with Crippen molar-refractivity contribution in [2.24, 2.45) is 5.92 Å². The number of ether oxygens (including phenoxy) is 2. The molecule has 0 aliphatic carbocycles. The van der Waals surface area contributed by atoms with Crippen LogP contribution in [0.25, 0.3) is 0 Å². The van der Waals surface area contributed by atoms with Gasteiger partial charge in [0.05, 0.1) is 24.8 Å². The number of sulfonamides is 1. The van der Waals surface area contributed by atoms with Gasteiger partial charge < -0.3 is 14.8 Å². The molecule has 0 bridgehead atoms. The minimum absolute atomic E-state index is 0.0452. The molecule has 8 nitrogen and oxygen atoms in total. The highest BCUT2D eigenvalue weighted by atomic mass is 32.2. The average Bonchev–Trinajstić information content (AvgIpc) is 3.03. The second-order valence-corrected chi connectivity index (χ2v) is 12.4. The van der Waals surface area contributed by atoms with Crippen molar-refractivity contribution in [2.45, 2.75) is 30.7 Å². The number of methoxy groups -OCH3 is 2. The van der Waals surface area contributed by atoms with Crippen LogP contribution in [0, 0.1) is 5.92 Å². The van der Waals surface area contributed by atoms with E-state index in [1.165, 1.54) is 50.3 Å². The highest BCUT2D eigenvalue weighted by Gasteiger charge is 2.20. The Morgan fingerprint density at radius 2 is 1.53 bits per heavy atom. The molecule has 0 atom stereocenters. The van der Waals surface area contributed by atoms with Crippen molar-refractivity contribution in [1.82, 2.24) is 4.90 Å². The Bertz CT molecular complexity index is 1620. The maximum atomic E-state index is 13.0. The van der Waals surface area contributed by atoms with Crippen molar-refractivity contribution in [3.63, 3.8) is 0 Å². The predicted octanol–water partition coefficient (Wildman–Crippen LogP) is 6.21. The minimum Gasteiger partial charge on any atom is -0.497 e. The molecule has 1 aliphatic heterocycles. The van der Waals surface area contributed by atoms with Gasteiger partial charge in [0.2, 0.25) is 0 Å². The number of piperidine rings is 1. The third kappa shape index (κ3) is 7.94. The van der Waals surface area contributed by atoms with Gasteiger partial charge in [-0.25, -0.2) is 8.42 Å². The van der Waals surface area contributed by atoms with E-state index in [1.807, 2.05) is 24.3 Å². The van der Waals surface area contributed by atoms with Gasteiger partial charge in [0, 0.05) is 23.9 Å². The zero-order valence-electron chi connectivity index (χ0n) is 24.5. The highest BCUT2D eigenvalue weighted by molar-refractivity contribution is 7.92. The van der Waals surface area contributed by atoms with Crippen LogP contribution in [0.5, 0.6) is 11.5 Å². The summed E-state index contributed by atoms with van der Waals surface area (Å²) in [6.45, 7) is 3.02. The van der Waals surface area contributed by atoms with E-state index in [0.717, 1.165) is 32.0 Å². The number of carbonyl (C=O) groups excluding carboxylic acids is 1. The predicted molar refractivity (Wildman–Crippen MR) is 169 cm³/mol. The maximum Gasteiger partial charge on any atom is 0.262 e. The van der Waals surface area contributed by atoms with Gasteiger partial charge in [-0.15, -0.1) is 0 Å². The fourth-order valence-corrected chi connectivity index (χ4v) is 6.40. The molecule has 1 heterocycles. The standard InChI is InChI=1S/C34H37N3O5S/c1-41-30-14-17-33(42-2)32(23-30)36-43(39,40)31-15-12-29(13-16-31)35-34(38)28-10-8-27(9-11-28)24-37-20-18-26(19-21-37)22-25-6-4-3-5-7-25/h3-17,23,26,36H,18-22,24H2,1-2H3,(H,35,38). The van der Waals surface area contributed by atoms with Crippen molar-refractivity contribution in [2.75, 3.05) is 37.3 Å². The van der Waals surface area contributed by atoms with Crippen LogP contribution in [0.2, 0.25) is 0 Å². The first-order chi connectivity index (χ1) is 20.8. The largest absolute Gasteiger partial charge is 0.497 e. The number of benzene rings is 4. The van der Waals surface area contributed by atoms with Gasteiger partial charge in [-0.3, -0.25) is 14.4 Å². The summed E-state index contributed by atoms with van der Waals surface area (Å²) in [5, 5.41) is 2.84. The number of nitrogens with one attached hydrogen (secondary N) is 2. The molecule has 4 aromatic carbocycles. The second kappa shape index (κ2) is 13.8. The lowest BCUT2D eigenvalue weighted by Crippen LogP contribution is -2.33. The molecule has 1 aliphatic rings. The molecule has 2 N–H and O–H groups in total. The zero-order chi connectivity index (χ0) is 30.2. The van der Waals surface area contributed by atoms with Gasteiger partial charge in [-0.2, -0.15) is 0 Å². The van der Waals surface area contributed by atoms with E-state index in [0.29, 0.717) is 22.7 Å². The SMILES string of the molecule is COc1ccc(OC)c(NS(=O)(=O)c2ccc(NC(=O)c3ccc(CN4CCC(Cc5ccccc5)CC4)cc3)cc2)c1. The van der Waals surface area contributed by atoms with Crippen molar-refractivity contribution in [3.05, 3.63) is 114 Å². The molecular weight excluding hydrogens is 562 g/mol. The van der Waals surface area contributed by atoms with Gasteiger partial charge in [0.15, 0.2) is 0 Å². The first-order valence-electron chi connectivity index (χ1n) is 14.3. The molecular formula is C34H37N3O5S. The molecule has 0 saturated carbocycles. The van der Waals surface area contributed by atoms with E-state index in [2.05, 4.69) is 45.3 Å². The van der Waals surface area contributed by atoms with Gasteiger partial charge in [-0.05, 0) is 97.9 Å². The third-order valence-corrected chi connectivity index (χ3v) is 9.15. The fraction of sp³-hybridized carbons (Fsp3) is 0.265. The van der Waals surface area contributed by atoms with Crippen LogP contribution in [0.3, 0.4) is 0 Å². The monoisotopic (exact) mass is 599 g/mol. The van der Waals surface area contributed by atoms with Crippen molar-refractivity contribution in [3.8, 4) is 11.5 Å². The van der Waals surface area contributed by atoms with Crippen LogP contribution >= 0.6 is 0 Å². The van der Waals surface area contributed by atoms with E-state index in [1.54, 1.807) is 30.3 Å². The number of anilines is 2. The Labute approximate surface area is 253 Å². The Morgan fingerprint density at radius 1 is 0.837 bits per heavy atom. The Kier molecular flexibility index (Phi) is 9.64. The van der Waals surface area contributed by atoms with Crippen LogP contribution in [0.1, 0.15) is 34.3 Å². The summed E-state index contributed by atoms with van der Waals surface area (Å²) >= 11 is 0. The number of carbonyl (C=O) groups is 1. The van der Waals surface area contributed by atoms with E-state index in [9.17, 15) is 13.2 Å². The summed E-state index contributed by atoms with van der Waals surface area (Å²) < 4.78 is 39.0. The molecule has 0 unspecified atom stereocenters. The van der Waals surface area contributed by atoms with Crippen LogP contribution < -0.4 is 19.5 Å². The number of hydrogen-bond acceptors (Lipinski definition) is 6. The van der Waals surface area contributed by atoms with Crippen molar-refractivity contribution in [1.29, 1.82) is 0 Å². The van der Waals surface area contributed by atoms with E-state index >= 15 is 0 Å². The second-order valence-electron chi connectivity index (χ2n) is 10.8. The topological polar surface area (TPSA) is 97.0 Å². The van der Waals surface area contributed by atoms with Gasteiger partial charge in [0.25, 0.3) is 15.9 Å². The zero-order valence-corrected chi connectivity index (χ0v) is 25.3.